The van der Waals surface area contributed by atoms with Gasteiger partial charge in [-0.1, -0.05) is 12.1 Å². The molecule has 5 nitrogen and oxygen atoms in total. The Morgan fingerprint density at radius 2 is 1.95 bits per heavy atom. The van der Waals surface area contributed by atoms with Gasteiger partial charge in [0.15, 0.2) is 0 Å². The van der Waals surface area contributed by atoms with Crippen LogP contribution < -0.4 is 5.32 Å². The third kappa shape index (κ3) is 3.21. The summed E-state index contributed by atoms with van der Waals surface area (Å²) in [6.07, 6.45) is 0. The monoisotopic (exact) mass is 290 g/mol. The van der Waals surface area contributed by atoms with Crippen molar-refractivity contribution in [3.63, 3.8) is 0 Å². The maximum atomic E-state index is 11.6. The standard InChI is InChI=1S/C14H14N2O3S/c1-8(14(18)19)13(17)16-11-5-3-10(4-6-11)12-7-20-9(2)15-12/h3-8H,1-2H3,(H,16,17)(H,18,19). The highest BCUT2D eigenvalue weighted by molar-refractivity contribution is 7.09. The summed E-state index contributed by atoms with van der Waals surface area (Å²) in [5, 5.41) is 14.3. The van der Waals surface area contributed by atoms with Crippen LogP contribution in [-0.2, 0) is 9.59 Å². The first-order valence-electron chi connectivity index (χ1n) is 6.03. The van der Waals surface area contributed by atoms with Gasteiger partial charge in [0.1, 0.15) is 5.92 Å². The van der Waals surface area contributed by atoms with Gasteiger partial charge in [-0.2, -0.15) is 0 Å². The Morgan fingerprint density at radius 1 is 1.30 bits per heavy atom. The molecule has 2 rings (SSSR count). The summed E-state index contributed by atoms with van der Waals surface area (Å²) in [7, 11) is 0. The highest BCUT2D eigenvalue weighted by atomic mass is 32.1. The van der Waals surface area contributed by atoms with Crippen molar-refractivity contribution in [2.24, 2.45) is 5.92 Å². The van der Waals surface area contributed by atoms with E-state index in [2.05, 4.69) is 10.3 Å². The highest BCUT2D eigenvalue weighted by Gasteiger charge is 2.20. The lowest BCUT2D eigenvalue weighted by Crippen LogP contribution is -2.26. The highest BCUT2D eigenvalue weighted by Crippen LogP contribution is 2.23. The van der Waals surface area contributed by atoms with E-state index in [9.17, 15) is 9.59 Å². The molecule has 0 saturated carbocycles. The molecule has 1 amide bonds. The van der Waals surface area contributed by atoms with Crippen LogP contribution in [0.2, 0.25) is 0 Å². The summed E-state index contributed by atoms with van der Waals surface area (Å²) in [5.74, 6) is -2.75. The van der Waals surface area contributed by atoms with Crippen molar-refractivity contribution in [1.82, 2.24) is 4.98 Å². The van der Waals surface area contributed by atoms with E-state index in [1.165, 1.54) is 6.92 Å². The van der Waals surface area contributed by atoms with E-state index in [4.69, 9.17) is 5.11 Å². The zero-order valence-electron chi connectivity index (χ0n) is 11.1. The molecule has 20 heavy (non-hydrogen) atoms. The van der Waals surface area contributed by atoms with Gasteiger partial charge in [0.05, 0.1) is 10.7 Å². The molecule has 0 saturated heterocycles. The zero-order chi connectivity index (χ0) is 14.7. The number of anilines is 1. The maximum Gasteiger partial charge on any atom is 0.315 e. The molecule has 1 heterocycles. The number of carbonyl (C=O) groups excluding carboxylic acids is 1. The molecular weight excluding hydrogens is 276 g/mol. The van der Waals surface area contributed by atoms with E-state index in [1.807, 2.05) is 24.4 Å². The number of thiazole rings is 1. The Kier molecular flexibility index (Phi) is 4.14. The average molecular weight is 290 g/mol. The predicted molar refractivity (Wildman–Crippen MR) is 77.7 cm³/mol. The summed E-state index contributed by atoms with van der Waals surface area (Å²) < 4.78 is 0. The van der Waals surface area contributed by atoms with Crippen LogP contribution in [-0.4, -0.2) is 22.0 Å². The molecule has 0 aliphatic carbocycles. The van der Waals surface area contributed by atoms with Gasteiger partial charge in [0, 0.05) is 16.6 Å². The lowest BCUT2D eigenvalue weighted by atomic mass is 10.1. The van der Waals surface area contributed by atoms with Gasteiger partial charge >= 0.3 is 5.97 Å². The van der Waals surface area contributed by atoms with Crippen LogP contribution in [0.4, 0.5) is 5.69 Å². The Bertz CT molecular complexity index is 634. The first-order chi connectivity index (χ1) is 9.47. The number of amides is 1. The number of aliphatic carboxylic acids is 1. The van der Waals surface area contributed by atoms with Gasteiger partial charge in [-0.25, -0.2) is 4.98 Å². The molecule has 0 fully saturated rings. The van der Waals surface area contributed by atoms with Crippen molar-refractivity contribution < 1.29 is 14.7 Å². The molecule has 0 aliphatic heterocycles. The minimum absolute atomic E-state index is 0.533. The number of rotatable bonds is 4. The Balaban J connectivity index is 2.09. The Labute approximate surface area is 120 Å². The third-order valence-electron chi connectivity index (χ3n) is 2.83. The van der Waals surface area contributed by atoms with Crippen LogP contribution >= 0.6 is 11.3 Å². The summed E-state index contributed by atoms with van der Waals surface area (Å²) in [6, 6.07) is 7.15. The number of carboxylic acid groups (broad SMARTS) is 1. The molecule has 0 aliphatic rings. The quantitative estimate of drug-likeness (QED) is 0.849. The molecule has 2 aromatic rings. The number of nitrogens with one attached hydrogen (secondary N) is 1. The third-order valence-corrected chi connectivity index (χ3v) is 3.60. The molecule has 1 aromatic heterocycles. The van der Waals surface area contributed by atoms with Crippen LogP contribution in [0.25, 0.3) is 11.3 Å². The van der Waals surface area contributed by atoms with E-state index in [-0.39, 0.29) is 0 Å². The molecule has 1 aromatic carbocycles. The first kappa shape index (κ1) is 14.2. The number of carbonyl (C=O) groups is 2. The molecule has 0 spiro atoms. The minimum atomic E-state index is -1.14. The van der Waals surface area contributed by atoms with E-state index in [0.29, 0.717) is 5.69 Å². The number of hydrogen-bond donors (Lipinski definition) is 2. The predicted octanol–water partition coefficient (Wildman–Crippen LogP) is 2.78. The normalized spacial score (nSPS) is 11.9. The smallest absolute Gasteiger partial charge is 0.315 e. The van der Waals surface area contributed by atoms with Gasteiger partial charge in [-0.05, 0) is 26.0 Å². The van der Waals surface area contributed by atoms with Crippen LogP contribution in [0.3, 0.4) is 0 Å². The van der Waals surface area contributed by atoms with Crippen molar-refractivity contribution in [3.05, 3.63) is 34.7 Å². The van der Waals surface area contributed by atoms with E-state index < -0.39 is 17.8 Å². The second-order valence-electron chi connectivity index (χ2n) is 4.38. The molecule has 1 atom stereocenters. The molecular formula is C14H14N2O3S. The van der Waals surface area contributed by atoms with Crippen LogP contribution in [0.15, 0.2) is 29.6 Å². The summed E-state index contributed by atoms with van der Waals surface area (Å²) >= 11 is 1.58. The van der Waals surface area contributed by atoms with Crippen LogP contribution in [0.5, 0.6) is 0 Å². The number of aryl methyl sites for hydroxylation is 1. The first-order valence-corrected chi connectivity index (χ1v) is 6.91. The second kappa shape index (κ2) is 5.83. The van der Waals surface area contributed by atoms with Crippen molar-refractivity contribution >= 4 is 28.9 Å². The number of carboxylic acids is 1. The molecule has 6 heteroatoms. The van der Waals surface area contributed by atoms with E-state index in [1.54, 1.807) is 23.5 Å². The summed E-state index contributed by atoms with van der Waals surface area (Å²) in [4.78, 5) is 26.7. The molecule has 2 N–H and O–H groups in total. The Hall–Kier alpha value is -2.21. The number of hydrogen-bond acceptors (Lipinski definition) is 4. The molecule has 1 unspecified atom stereocenters. The maximum absolute atomic E-state index is 11.6. The number of nitrogens with zero attached hydrogens (tertiary/aromatic N) is 1. The number of aromatic nitrogens is 1. The zero-order valence-corrected chi connectivity index (χ0v) is 11.9. The van der Waals surface area contributed by atoms with Crippen molar-refractivity contribution in [2.45, 2.75) is 13.8 Å². The fourth-order valence-corrected chi connectivity index (χ4v) is 2.21. The molecule has 0 radical (unpaired) electrons. The van der Waals surface area contributed by atoms with E-state index in [0.717, 1.165) is 16.3 Å². The largest absolute Gasteiger partial charge is 0.481 e. The minimum Gasteiger partial charge on any atom is -0.481 e. The second-order valence-corrected chi connectivity index (χ2v) is 5.44. The fraction of sp³-hybridized carbons (Fsp3) is 0.214. The lowest BCUT2D eigenvalue weighted by Gasteiger charge is -2.08. The lowest BCUT2D eigenvalue weighted by molar-refractivity contribution is -0.144. The SMILES string of the molecule is Cc1nc(-c2ccc(NC(=O)C(C)C(=O)O)cc2)cs1. The number of benzene rings is 1. The van der Waals surface area contributed by atoms with E-state index >= 15 is 0 Å². The van der Waals surface area contributed by atoms with Gasteiger partial charge in [0.2, 0.25) is 5.91 Å². The molecule has 0 bridgehead atoms. The summed E-state index contributed by atoms with van der Waals surface area (Å²) in [5.41, 5.74) is 2.42. The van der Waals surface area contributed by atoms with Crippen LogP contribution in [0.1, 0.15) is 11.9 Å². The van der Waals surface area contributed by atoms with Crippen molar-refractivity contribution in [2.75, 3.05) is 5.32 Å². The van der Waals surface area contributed by atoms with Gasteiger partial charge in [-0.15, -0.1) is 11.3 Å². The topological polar surface area (TPSA) is 79.3 Å². The fourth-order valence-electron chi connectivity index (χ4n) is 1.58. The van der Waals surface area contributed by atoms with Crippen molar-refractivity contribution in [3.8, 4) is 11.3 Å². The summed E-state index contributed by atoms with van der Waals surface area (Å²) in [6.45, 7) is 3.29. The van der Waals surface area contributed by atoms with Crippen LogP contribution in [0, 0.1) is 12.8 Å². The van der Waals surface area contributed by atoms with Gasteiger partial charge in [-0.3, -0.25) is 9.59 Å². The average Bonchev–Trinajstić information content (AvgIpc) is 2.85. The molecule has 104 valence electrons. The Morgan fingerprint density at radius 3 is 2.45 bits per heavy atom. The van der Waals surface area contributed by atoms with Gasteiger partial charge in [0.25, 0.3) is 0 Å². The van der Waals surface area contributed by atoms with Crippen molar-refractivity contribution in [1.29, 1.82) is 0 Å². The van der Waals surface area contributed by atoms with Gasteiger partial charge < -0.3 is 10.4 Å².